The lowest BCUT2D eigenvalue weighted by Crippen LogP contribution is -2.62. The molecular formula is C35H54O9. The molecule has 0 N–H and O–H groups in total. The van der Waals surface area contributed by atoms with Gasteiger partial charge in [0.15, 0.2) is 0 Å². The predicted molar refractivity (Wildman–Crippen MR) is 161 cm³/mol. The second-order valence-electron chi connectivity index (χ2n) is 15.5. The second kappa shape index (κ2) is 12.6. The van der Waals surface area contributed by atoms with Crippen LogP contribution in [0.5, 0.6) is 0 Å². The van der Waals surface area contributed by atoms with E-state index in [2.05, 4.69) is 27.7 Å². The monoisotopic (exact) mass is 618 g/mol. The zero-order valence-electron chi connectivity index (χ0n) is 28.0. The Morgan fingerprint density at radius 3 is 2.07 bits per heavy atom. The SMILES string of the molecule is CC(=O)OC[C@H](C)CC[C@H]1OC2C[C@H]3[C@@H]4C[C@@H](OC(C)=O)C5C[C@H](OC(C)=O)[C@H](OC(C)=O)C[C@]5(C)[C@H]4CC[C@]3(C)C2[C@@H]1C. The highest BCUT2D eigenvalue weighted by molar-refractivity contribution is 5.68. The van der Waals surface area contributed by atoms with Crippen molar-refractivity contribution in [3.8, 4) is 0 Å². The van der Waals surface area contributed by atoms with Crippen molar-refractivity contribution in [1.82, 2.24) is 0 Å². The van der Waals surface area contributed by atoms with Gasteiger partial charge in [-0.1, -0.05) is 27.7 Å². The summed E-state index contributed by atoms with van der Waals surface area (Å²) in [4.78, 5) is 47.8. The average Bonchev–Trinajstić information content (AvgIpc) is 3.39. The maximum Gasteiger partial charge on any atom is 0.303 e. The summed E-state index contributed by atoms with van der Waals surface area (Å²) in [5, 5.41) is 0. The van der Waals surface area contributed by atoms with Gasteiger partial charge in [-0.2, -0.15) is 0 Å². The Morgan fingerprint density at radius 2 is 1.43 bits per heavy atom. The second-order valence-corrected chi connectivity index (χ2v) is 15.5. The van der Waals surface area contributed by atoms with Gasteiger partial charge in [0.1, 0.15) is 18.3 Å². The Balaban J connectivity index is 1.36. The molecular weight excluding hydrogens is 564 g/mol. The minimum absolute atomic E-state index is 0.0163. The molecule has 0 aromatic carbocycles. The maximum absolute atomic E-state index is 12.4. The minimum atomic E-state index is -0.549. The standard InChI is InChI=1S/C35H54O9/c1-18(17-40-20(3)36)9-10-28-19(2)33-31(44-28)14-26-24-13-29(41-21(4)37)27-15-30(42-22(5)38)32(43-23(6)39)16-35(27,8)25(24)11-12-34(26,33)7/h18-19,24-33H,9-17H2,1-8H3/t18-,19-,24-,25+,26+,27?,28-,29-,30+,31?,32-,33?,34+,35-/m1/s1. The molecule has 5 aliphatic rings. The zero-order chi connectivity index (χ0) is 32.1. The van der Waals surface area contributed by atoms with Crippen LogP contribution in [-0.4, -0.2) is 61.0 Å². The number of hydrogen-bond donors (Lipinski definition) is 0. The Kier molecular flexibility index (Phi) is 9.48. The molecule has 9 heteroatoms. The summed E-state index contributed by atoms with van der Waals surface area (Å²) < 4.78 is 29.7. The Morgan fingerprint density at radius 1 is 0.795 bits per heavy atom. The number of carbonyl (C=O) groups excluding carboxylic acids is 4. The van der Waals surface area contributed by atoms with Gasteiger partial charge in [0, 0.05) is 33.6 Å². The number of hydrogen-bond acceptors (Lipinski definition) is 9. The summed E-state index contributed by atoms with van der Waals surface area (Å²) in [5.74, 6) is 1.16. The zero-order valence-corrected chi connectivity index (χ0v) is 28.0. The number of carbonyl (C=O) groups is 4. The first kappa shape index (κ1) is 33.2. The Hall–Kier alpha value is -2.16. The predicted octanol–water partition coefficient (Wildman–Crippen LogP) is 5.65. The van der Waals surface area contributed by atoms with E-state index in [4.69, 9.17) is 23.7 Å². The van der Waals surface area contributed by atoms with Crippen LogP contribution in [0.25, 0.3) is 0 Å². The Labute approximate surface area is 262 Å². The molecule has 0 amide bonds. The van der Waals surface area contributed by atoms with Gasteiger partial charge in [0.25, 0.3) is 0 Å². The Bertz CT molecular complexity index is 1120. The molecule has 1 aliphatic heterocycles. The summed E-state index contributed by atoms with van der Waals surface area (Å²) in [6.07, 6.45) is 6.15. The first-order valence-electron chi connectivity index (χ1n) is 16.9. The van der Waals surface area contributed by atoms with Gasteiger partial charge in [-0.3, -0.25) is 19.2 Å². The highest BCUT2D eigenvalue weighted by Gasteiger charge is 2.68. The van der Waals surface area contributed by atoms with E-state index in [1.165, 1.54) is 27.7 Å². The van der Waals surface area contributed by atoms with Gasteiger partial charge >= 0.3 is 23.9 Å². The summed E-state index contributed by atoms with van der Waals surface area (Å²) in [6, 6.07) is 0. The smallest absolute Gasteiger partial charge is 0.303 e. The molecule has 5 rings (SSSR count). The van der Waals surface area contributed by atoms with Gasteiger partial charge in [-0.15, -0.1) is 0 Å². The third-order valence-corrected chi connectivity index (χ3v) is 12.7. The molecule has 0 radical (unpaired) electrons. The van der Waals surface area contributed by atoms with Crippen LogP contribution in [0.2, 0.25) is 0 Å². The fraction of sp³-hybridized carbons (Fsp3) is 0.886. The van der Waals surface area contributed by atoms with Crippen molar-refractivity contribution in [3.05, 3.63) is 0 Å². The van der Waals surface area contributed by atoms with Crippen LogP contribution in [0, 0.1) is 52.3 Å². The highest BCUT2D eigenvalue weighted by Crippen LogP contribution is 2.70. The first-order chi connectivity index (χ1) is 20.6. The molecule has 4 saturated carbocycles. The molecule has 9 nitrogen and oxygen atoms in total. The molecule has 0 spiro atoms. The summed E-state index contributed by atoms with van der Waals surface area (Å²) in [7, 11) is 0. The van der Waals surface area contributed by atoms with Gasteiger partial charge in [0.05, 0.1) is 18.8 Å². The molecule has 0 aromatic heterocycles. The van der Waals surface area contributed by atoms with Crippen LogP contribution in [0.3, 0.4) is 0 Å². The normalized spacial score (nSPS) is 44.7. The van der Waals surface area contributed by atoms with E-state index in [9.17, 15) is 19.2 Å². The fourth-order valence-electron chi connectivity index (χ4n) is 11.1. The van der Waals surface area contributed by atoms with Crippen LogP contribution in [-0.2, 0) is 42.9 Å². The van der Waals surface area contributed by atoms with Crippen molar-refractivity contribution < 1.29 is 42.9 Å². The van der Waals surface area contributed by atoms with E-state index in [0.29, 0.717) is 55.0 Å². The van der Waals surface area contributed by atoms with Crippen molar-refractivity contribution in [2.45, 2.75) is 137 Å². The van der Waals surface area contributed by atoms with E-state index < -0.39 is 18.2 Å². The highest BCUT2D eigenvalue weighted by atomic mass is 16.6. The van der Waals surface area contributed by atoms with Crippen LogP contribution < -0.4 is 0 Å². The molecule has 0 bridgehead atoms. The van der Waals surface area contributed by atoms with E-state index in [-0.39, 0.29) is 53.0 Å². The van der Waals surface area contributed by atoms with E-state index in [1.54, 1.807) is 0 Å². The van der Waals surface area contributed by atoms with Gasteiger partial charge in [-0.25, -0.2) is 0 Å². The van der Waals surface area contributed by atoms with E-state index in [1.807, 2.05) is 0 Å². The fourth-order valence-corrected chi connectivity index (χ4v) is 11.1. The number of fused-ring (bicyclic) bond motifs is 7. The molecule has 1 heterocycles. The molecule has 248 valence electrons. The molecule has 1 saturated heterocycles. The lowest BCUT2D eigenvalue weighted by Gasteiger charge is -2.63. The van der Waals surface area contributed by atoms with Crippen LogP contribution in [0.4, 0.5) is 0 Å². The maximum atomic E-state index is 12.4. The number of rotatable bonds is 8. The molecule has 14 atom stereocenters. The van der Waals surface area contributed by atoms with Gasteiger partial charge < -0.3 is 23.7 Å². The van der Waals surface area contributed by atoms with Crippen molar-refractivity contribution in [2.24, 2.45) is 52.3 Å². The van der Waals surface area contributed by atoms with Crippen LogP contribution in [0.15, 0.2) is 0 Å². The molecule has 0 aromatic rings. The molecule has 44 heavy (non-hydrogen) atoms. The van der Waals surface area contributed by atoms with Gasteiger partial charge in [0.2, 0.25) is 0 Å². The summed E-state index contributed by atoms with van der Waals surface area (Å²) in [6.45, 7) is 15.5. The average molecular weight is 619 g/mol. The van der Waals surface area contributed by atoms with Gasteiger partial charge in [-0.05, 0) is 97.7 Å². The molecule has 5 fully saturated rings. The summed E-state index contributed by atoms with van der Waals surface area (Å²) in [5.41, 5.74) is -0.0938. The van der Waals surface area contributed by atoms with Crippen molar-refractivity contribution in [1.29, 1.82) is 0 Å². The van der Waals surface area contributed by atoms with E-state index >= 15 is 0 Å². The topological polar surface area (TPSA) is 114 Å². The molecule has 4 aliphatic carbocycles. The first-order valence-corrected chi connectivity index (χ1v) is 16.9. The third-order valence-electron chi connectivity index (χ3n) is 12.7. The van der Waals surface area contributed by atoms with E-state index in [0.717, 1.165) is 38.5 Å². The number of esters is 4. The quantitative estimate of drug-likeness (QED) is 0.251. The van der Waals surface area contributed by atoms with Crippen molar-refractivity contribution in [2.75, 3.05) is 6.61 Å². The largest absolute Gasteiger partial charge is 0.466 e. The lowest BCUT2D eigenvalue weighted by molar-refractivity contribution is -0.219. The molecule has 3 unspecified atom stereocenters. The van der Waals surface area contributed by atoms with Crippen molar-refractivity contribution in [3.63, 3.8) is 0 Å². The van der Waals surface area contributed by atoms with Crippen LogP contribution >= 0.6 is 0 Å². The van der Waals surface area contributed by atoms with Crippen LogP contribution in [0.1, 0.15) is 107 Å². The summed E-state index contributed by atoms with van der Waals surface area (Å²) >= 11 is 0. The lowest BCUT2D eigenvalue weighted by atomic mass is 9.43. The third kappa shape index (κ3) is 6.15. The minimum Gasteiger partial charge on any atom is -0.466 e. The number of ether oxygens (including phenoxy) is 5. The van der Waals surface area contributed by atoms with Crippen molar-refractivity contribution >= 4 is 23.9 Å².